The zero-order valence-corrected chi connectivity index (χ0v) is 8.87. The predicted molar refractivity (Wildman–Crippen MR) is 37.1 cm³/mol. The third-order valence-corrected chi connectivity index (χ3v) is 2.07. The van der Waals surface area contributed by atoms with Crippen LogP contribution in [-0.2, 0) is 25.2 Å². The second-order valence-electron chi connectivity index (χ2n) is 1.68. The van der Waals surface area contributed by atoms with Gasteiger partial charge >= 0.3 is 85.2 Å². The van der Waals surface area contributed by atoms with Crippen molar-refractivity contribution in [3.8, 4) is 5.75 Å². The molecule has 0 unspecified atom stereocenters. The van der Waals surface area contributed by atoms with Gasteiger partial charge in [-0.15, -0.1) is 0 Å². The van der Waals surface area contributed by atoms with Gasteiger partial charge in [0.2, 0.25) is 0 Å². The number of benzene rings is 1. The summed E-state index contributed by atoms with van der Waals surface area (Å²) in [4.78, 5) is 0. The molecule has 0 amide bonds. The van der Waals surface area contributed by atoms with Crippen LogP contribution in [0.25, 0.3) is 0 Å². The van der Waals surface area contributed by atoms with Crippen LogP contribution in [0, 0.1) is 0 Å². The molecule has 1 aromatic carbocycles. The maximum absolute atomic E-state index is 5.73. The molecule has 0 radical (unpaired) electrons. The SMILES string of the molecule is Clc1ccc([O][Zr])c(Cl)c1. The Hall–Kier alpha value is 0.483. The summed E-state index contributed by atoms with van der Waals surface area (Å²) in [6, 6.07) is 5.15. The first kappa shape index (κ1) is 8.58. The summed E-state index contributed by atoms with van der Waals surface area (Å²) in [6.07, 6.45) is 0. The Morgan fingerprint density at radius 2 is 2.00 bits per heavy atom. The van der Waals surface area contributed by atoms with Crippen LogP contribution in [0.3, 0.4) is 0 Å². The quantitative estimate of drug-likeness (QED) is 0.747. The van der Waals surface area contributed by atoms with Gasteiger partial charge in [-0.2, -0.15) is 0 Å². The van der Waals surface area contributed by atoms with E-state index in [-0.39, 0.29) is 0 Å². The van der Waals surface area contributed by atoms with Gasteiger partial charge in [0.1, 0.15) is 0 Å². The van der Waals surface area contributed by atoms with Gasteiger partial charge in [0, 0.05) is 0 Å². The van der Waals surface area contributed by atoms with Gasteiger partial charge in [0.25, 0.3) is 0 Å². The van der Waals surface area contributed by atoms with Gasteiger partial charge < -0.3 is 0 Å². The topological polar surface area (TPSA) is 9.23 Å². The van der Waals surface area contributed by atoms with E-state index in [4.69, 9.17) is 26.0 Å². The second kappa shape index (κ2) is 3.75. The van der Waals surface area contributed by atoms with Crippen molar-refractivity contribution in [1.82, 2.24) is 0 Å². The first-order valence-corrected chi connectivity index (χ1v) is 4.28. The fourth-order valence-corrected chi connectivity index (χ4v) is 1.60. The van der Waals surface area contributed by atoms with Crippen LogP contribution in [0.2, 0.25) is 10.0 Å². The Labute approximate surface area is 84.7 Å². The molecule has 0 spiro atoms. The summed E-state index contributed by atoms with van der Waals surface area (Å²) in [7, 11) is 0. The fourth-order valence-electron chi connectivity index (χ4n) is 0.558. The molecule has 0 bridgehead atoms. The van der Waals surface area contributed by atoms with Crippen LogP contribution in [0.4, 0.5) is 0 Å². The molecule has 0 saturated carbocycles. The second-order valence-corrected chi connectivity index (χ2v) is 3.02. The van der Waals surface area contributed by atoms with Crippen molar-refractivity contribution in [3.63, 3.8) is 0 Å². The number of rotatable bonds is 1. The van der Waals surface area contributed by atoms with Crippen molar-refractivity contribution >= 4 is 23.2 Å². The number of hydrogen-bond donors (Lipinski definition) is 0. The number of hydrogen-bond acceptors (Lipinski definition) is 1. The van der Waals surface area contributed by atoms with Crippen molar-refractivity contribution in [2.24, 2.45) is 0 Å². The van der Waals surface area contributed by atoms with Crippen molar-refractivity contribution < 1.29 is 28.0 Å². The van der Waals surface area contributed by atoms with Gasteiger partial charge in [-0.3, -0.25) is 0 Å². The molecule has 4 heteroatoms. The first-order valence-electron chi connectivity index (χ1n) is 2.52. The van der Waals surface area contributed by atoms with Gasteiger partial charge in [-0.05, 0) is 0 Å². The summed E-state index contributed by atoms with van der Waals surface area (Å²) in [5.74, 6) is 0.685. The minimum absolute atomic E-state index is 0.560. The molecule has 0 heterocycles. The molecule has 10 heavy (non-hydrogen) atoms. The molecule has 51 valence electrons. The van der Waals surface area contributed by atoms with Crippen molar-refractivity contribution in [2.45, 2.75) is 0 Å². The van der Waals surface area contributed by atoms with E-state index >= 15 is 0 Å². The minimum atomic E-state index is 0.560. The Kier molecular flexibility index (Phi) is 3.22. The van der Waals surface area contributed by atoms with Crippen molar-refractivity contribution in [2.75, 3.05) is 0 Å². The molecule has 1 aromatic rings. The zero-order valence-electron chi connectivity index (χ0n) is 4.90. The van der Waals surface area contributed by atoms with E-state index in [1.165, 1.54) is 0 Å². The summed E-state index contributed by atoms with van der Waals surface area (Å²) < 4.78 is 5.00. The van der Waals surface area contributed by atoms with Crippen molar-refractivity contribution in [3.05, 3.63) is 28.2 Å². The molecule has 1 rings (SSSR count). The molecule has 0 fully saturated rings. The first-order chi connectivity index (χ1) is 4.74. The molecule has 1 nitrogen and oxygen atoms in total. The summed E-state index contributed by atoms with van der Waals surface area (Å²) in [5, 5.41) is 1.19. The molecule has 0 aliphatic heterocycles. The normalized spacial score (nSPS) is 9.30. The Morgan fingerprint density at radius 3 is 2.50 bits per heavy atom. The zero-order chi connectivity index (χ0) is 7.56. The van der Waals surface area contributed by atoms with Crippen molar-refractivity contribution in [1.29, 1.82) is 0 Å². The summed E-state index contributed by atoms with van der Waals surface area (Å²) >= 11 is 12.3. The number of halogens is 2. The average Bonchev–Trinajstić information content (AvgIpc) is 1.88. The van der Waals surface area contributed by atoms with E-state index in [0.29, 0.717) is 15.8 Å². The van der Waals surface area contributed by atoms with E-state index in [9.17, 15) is 0 Å². The van der Waals surface area contributed by atoms with E-state index in [2.05, 4.69) is 0 Å². The molecule has 0 aliphatic rings. The summed E-state index contributed by atoms with van der Waals surface area (Å²) in [6.45, 7) is 0. The monoisotopic (exact) mass is 251 g/mol. The van der Waals surface area contributed by atoms with Gasteiger partial charge in [-0.25, -0.2) is 0 Å². The van der Waals surface area contributed by atoms with E-state index < -0.39 is 0 Å². The molecule has 0 atom stereocenters. The molecule has 0 aromatic heterocycles. The van der Waals surface area contributed by atoms with E-state index in [0.717, 1.165) is 25.2 Å². The fraction of sp³-hybridized carbons (Fsp3) is 0. The van der Waals surface area contributed by atoms with Crippen LogP contribution in [-0.4, -0.2) is 0 Å². The summed E-state index contributed by atoms with van der Waals surface area (Å²) in [5.41, 5.74) is 0. The standard InChI is InChI=1S/C6H4Cl2O.Zr/c7-4-1-2-6(9)5(8)3-4;/h1-3,9H;/q;+1/p-1. The third-order valence-electron chi connectivity index (χ3n) is 1.00. The van der Waals surface area contributed by atoms with Gasteiger partial charge in [-0.1, -0.05) is 0 Å². The molecular weight excluding hydrogens is 250 g/mol. The Morgan fingerprint density at radius 1 is 1.30 bits per heavy atom. The predicted octanol–water partition coefficient (Wildman–Crippen LogP) is 2.83. The van der Waals surface area contributed by atoms with Crippen LogP contribution in [0.1, 0.15) is 0 Å². The Bertz CT molecular complexity index is 239. The molecule has 0 aliphatic carbocycles. The van der Waals surface area contributed by atoms with E-state index in [1.807, 2.05) is 0 Å². The van der Waals surface area contributed by atoms with Crippen LogP contribution in [0.15, 0.2) is 18.2 Å². The van der Waals surface area contributed by atoms with E-state index in [1.54, 1.807) is 18.2 Å². The van der Waals surface area contributed by atoms with Crippen LogP contribution in [0.5, 0.6) is 5.75 Å². The molecular formula is C6H3Cl2OZr. The van der Waals surface area contributed by atoms with Gasteiger partial charge in [0.05, 0.1) is 0 Å². The maximum atomic E-state index is 5.73. The van der Waals surface area contributed by atoms with Crippen LogP contribution >= 0.6 is 23.2 Å². The third kappa shape index (κ3) is 1.98. The van der Waals surface area contributed by atoms with Gasteiger partial charge in [0.15, 0.2) is 0 Å². The van der Waals surface area contributed by atoms with Crippen LogP contribution < -0.4 is 2.81 Å². The Balaban J connectivity index is 3.07. The molecule has 0 N–H and O–H groups in total. The average molecular weight is 253 g/mol. The molecule has 0 saturated heterocycles.